The molecule has 0 radical (unpaired) electrons. The predicted molar refractivity (Wildman–Crippen MR) is 127 cm³/mol. The standard InChI is InChI=1S/C24H30N4O4S/c29-12-16(13-33-20-6-9-25-22(20)31)26-21(30)19-11-24(7-3-8-24)14-28(19)23(32)18-10-15-4-1-2-5-17(15)27-18/h1-2,4-5,10,16,19-20,27,29H,3,6-9,11-14H2,(H,25,31)(H,26,30)/t16-,19+,20?/m1/s1. The van der Waals surface area contributed by atoms with E-state index in [1.807, 2.05) is 30.3 Å². The maximum atomic E-state index is 13.5. The van der Waals surface area contributed by atoms with Crippen LogP contribution in [0, 0.1) is 5.41 Å². The Morgan fingerprint density at radius 2 is 2.12 bits per heavy atom. The second kappa shape index (κ2) is 9.02. The quantitative estimate of drug-likeness (QED) is 0.491. The van der Waals surface area contributed by atoms with E-state index < -0.39 is 12.1 Å². The molecule has 33 heavy (non-hydrogen) atoms. The van der Waals surface area contributed by atoms with Gasteiger partial charge in [0.15, 0.2) is 0 Å². The van der Waals surface area contributed by atoms with Gasteiger partial charge in [0.1, 0.15) is 11.7 Å². The number of aliphatic hydroxyl groups excluding tert-OH is 1. The van der Waals surface area contributed by atoms with Crippen LogP contribution in [0.4, 0.5) is 0 Å². The highest BCUT2D eigenvalue weighted by Crippen LogP contribution is 2.50. The highest BCUT2D eigenvalue weighted by Gasteiger charge is 2.51. The number of rotatable bonds is 7. The first-order valence-corrected chi connectivity index (χ1v) is 12.7. The molecule has 4 N–H and O–H groups in total. The normalized spacial score (nSPS) is 24.6. The molecule has 8 nitrogen and oxygen atoms in total. The number of benzene rings is 1. The summed E-state index contributed by atoms with van der Waals surface area (Å²) in [5.41, 5.74) is 1.41. The fourth-order valence-electron chi connectivity index (χ4n) is 5.29. The van der Waals surface area contributed by atoms with Gasteiger partial charge in [0.05, 0.1) is 17.9 Å². The molecule has 2 aromatic rings. The van der Waals surface area contributed by atoms with Gasteiger partial charge < -0.3 is 25.6 Å². The molecule has 3 heterocycles. The lowest BCUT2D eigenvalue weighted by molar-refractivity contribution is -0.125. The molecule has 2 aliphatic heterocycles. The third kappa shape index (κ3) is 4.36. The van der Waals surface area contributed by atoms with Crippen molar-refractivity contribution in [2.75, 3.05) is 25.4 Å². The zero-order chi connectivity index (χ0) is 23.0. The van der Waals surface area contributed by atoms with E-state index in [0.29, 0.717) is 31.0 Å². The van der Waals surface area contributed by atoms with E-state index in [-0.39, 0.29) is 35.0 Å². The molecular weight excluding hydrogens is 440 g/mol. The summed E-state index contributed by atoms with van der Waals surface area (Å²) < 4.78 is 0. The highest BCUT2D eigenvalue weighted by atomic mass is 32.2. The number of likely N-dealkylation sites (tertiary alicyclic amines) is 1. The van der Waals surface area contributed by atoms with E-state index >= 15 is 0 Å². The Balaban J connectivity index is 1.29. The molecule has 1 aromatic carbocycles. The van der Waals surface area contributed by atoms with E-state index in [1.54, 1.807) is 4.90 Å². The number of nitrogens with zero attached hydrogens (tertiary/aromatic N) is 1. The molecule has 3 aliphatic rings. The van der Waals surface area contributed by atoms with Crippen molar-refractivity contribution in [1.82, 2.24) is 20.5 Å². The molecule has 2 saturated heterocycles. The van der Waals surface area contributed by atoms with Crippen molar-refractivity contribution in [3.05, 3.63) is 36.0 Å². The average molecular weight is 471 g/mol. The van der Waals surface area contributed by atoms with E-state index in [1.165, 1.54) is 11.8 Å². The summed E-state index contributed by atoms with van der Waals surface area (Å²) in [6.07, 6.45) is 4.60. The third-order valence-electron chi connectivity index (χ3n) is 7.31. The molecule has 0 bridgehead atoms. The molecule has 1 spiro atoms. The maximum Gasteiger partial charge on any atom is 0.271 e. The number of hydrogen-bond acceptors (Lipinski definition) is 5. The minimum atomic E-state index is -0.557. The summed E-state index contributed by atoms with van der Waals surface area (Å²) in [5.74, 6) is 0.0843. The number of carbonyl (C=O) groups is 3. The van der Waals surface area contributed by atoms with Gasteiger partial charge >= 0.3 is 0 Å². The van der Waals surface area contributed by atoms with E-state index in [0.717, 1.165) is 36.6 Å². The van der Waals surface area contributed by atoms with Gasteiger partial charge in [-0.3, -0.25) is 14.4 Å². The molecule has 5 rings (SSSR count). The zero-order valence-corrected chi connectivity index (χ0v) is 19.3. The SMILES string of the molecule is O=C1NCCC1SC[C@@H](CO)NC(=O)[C@@H]1CC2(CCC2)CN1C(=O)c1cc2ccccc2[nH]1. The van der Waals surface area contributed by atoms with Gasteiger partial charge in [-0.1, -0.05) is 24.6 Å². The van der Waals surface area contributed by atoms with Crippen LogP contribution in [0.5, 0.6) is 0 Å². The lowest BCUT2D eigenvalue weighted by Gasteiger charge is -2.37. The van der Waals surface area contributed by atoms with Crippen molar-refractivity contribution < 1.29 is 19.5 Å². The van der Waals surface area contributed by atoms with Crippen molar-refractivity contribution in [3.8, 4) is 0 Å². The Morgan fingerprint density at radius 1 is 1.30 bits per heavy atom. The van der Waals surface area contributed by atoms with Crippen LogP contribution in [0.3, 0.4) is 0 Å². The molecule has 176 valence electrons. The number of carbonyl (C=O) groups excluding carboxylic acids is 3. The van der Waals surface area contributed by atoms with Gasteiger partial charge in [0.25, 0.3) is 5.91 Å². The smallest absolute Gasteiger partial charge is 0.271 e. The molecule has 1 saturated carbocycles. The lowest BCUT2D eigenvalue weighted by atomic mass is 9.67. The molecule has 1 aromatic heterocycles. The number of fused-ring (bicyclic) bond motifs is 1. The summed E-state index contributed by atoms with van der Waals surface area (Å²) in [7, 11) is 0. The third-order valence-corrected chi connectivity index (χ3v) is 8.76. The van der Waals surface area contributed by atoms with Crippen LogP contribution in [0.2, 0.25) is 0 Å². The minimum absolute atomic E-state index is 0.0147. The van der Waals surface area contributed by atoms with Crippen molar-refractivity contribution in [3.63, 3.8) is 0 Å². The number of aromatic nitrogens is 1. The van der Waals surface area contributed by atoms with E-state index in [4.69, 9.17) is 0 Å². The second-order valence-electron chi connectivity index (χ2n) is 9.57. The number of hydrogen-bond donors (Lipinski definition) is 4. The first kappa shape index (κ1) is 22.3. The van der Waals surface area contributed by atoms with Gasteiger partial charge in [-0.25, -0.2) is 0 Å². The zero-order valence-electron chi connectivity index (χ0n) is 18.5. The number of H-pyrrole nitrogens is 1. The average Bonchev–Trinajstić information content (AvgIpc) is 3.52. The number of nitrogens with one attached hydrogen (secondary N) is 3. The van der Waals surface area contributed by atoms with Crippen LogP contribution in [0.1, 0.15) is 42.6 Å². The largest absolute Gasteiger partial charge is 0.394 e. The predicted octanol–water partition coefficient (Wildman–Crippen LogP) is 1.65. The van der Waals surface area contributed by atoms with Crippen LogP contribution < -0.4 is 10.6 Å². The van der Waals surface area contributed by atoms with E-state index in [9.17, 15) is 19.5 Å². The van der Waals surface area contributed by atoms with Crippen LogP contribution in [-0.2, 0) is 9.59 Å². The van der Waals surface area contributed by atoms with Crippen molar-refractivity contribution in [2.24, 2.45) is 5.41 Å². The number of aliphatic hydroxyl groups is 1. The Hall–Kier alpha value is -2.52. The summed E-state index contributed by atoms with van der Waals surface area (Å²) in [6.45, 7) is 1.04. The van der Waals surface area contributed by atoms with Gasteiger partial charge in [0.2, 0.25) is 11.8 Å². The number of thioether (sulfide) groups is 1. The second-order valence-corrected chi connectivity index (χ2v) is 10.8. The highest BCUT2D eigenvalue weighted by molar-refractivity contribution is 8.00. The summed E-state index contributed by atoms with van der Waals surface area (Å²) in [4.78, 5) is 43.5. The number of amides is 3. The molecule has 3 atom stereocenters. The van der Waals surface area contributed by atoms with Crippen molar-refractivity contribution in [1.29, 1.82) is 0 Å². The van der Waals surface area contributed by atoms with Gasteiger partial charge in [-0.2, -0.15) is 0 Å². The first-order valence-electron chi connectivity index (χ1n) is 11.7. The Morgan fingerprint density at radius 3 is 2.79 bits per heavy atom. The van der Waals surface area contributed by atoms with Crippen LogP contribution in [-0.4, -0.2) is 75.5 Å². The fraction of sp³-hybridized carbons (Fsp3) is 0.542. The summed E-state index contributed by atoms with van der Waals surface area (Å²) in [5, 5.41) is 16.4. The summed E-state index contributed by atoms with van der Waals surface area (Å²) >= 11 is 1.46. The Kier molecular flexibility index (Phi) is 6.09. The topological polar surface area (TPSA) is 115 Å². The molecule has 3 amide bonds. The van der Waals surface area contributed by atoms with Gasteiger partial charge in [-0.05, 0) is 43.2 Å². The van der Waals surface area contributed by atoms with E-state index in [2.05, 4.69) is 15.6 Å². The van der Waals surface area contributed by atoms with Crippen LogP contribution in [0.25, 0.3) is 10.9 Å². The molecule has 1 aliphatic carbocycles. The molecular formula is C24H30N4O4S. The number of aromatic amines is 1. The monoisotopic (exact) mass is 470 g/mol. The minimum Gasteiger partial charge on any atom is -0.394 e. The van der Waals surface area contributed by atoms with Gasteiger partial charge in [-0.15, -0.1) is 11.8 Å². The molecule has 1 unspecified atom stereocenters. The van der Waals surface area contributed by atoms with Crippen LogP contribution >= 0.6 is 11.8 Å². The molecule has 3 fully saturated rings. The summed E-state index contributed by atoms with van der Waals surface area (Å²) in [6, 6.07) is 8.57. The first-order chi connectivity index (χ1) is 16.0. The van der Waals surface area contributed by atoms with Crippen molar-refractivity contribution >= 4 is 40.4 Å². The Bertz CT molecular complexity index is 1030. The van der Waals surface area contributed by atoms with Crippen LogP contribution in [0.15, 0.2) is 30.3 Å². The number of para-hydroxylation sites is 1. The molecule has 9 heteroatoms. The van der Waals surface area contributed by atoms with Crippen molar-refractivity contribution in [2.45, 2.75) is 49.4 Å². The lowest BCUT2D eigenvalue weighted by Crippen LogP contribution is -2.50. The Labute approximate surface area is 196 Å². The maximum absolute atomic E-state index is 13.5. The fourth-order valence-corrected chi connectivity index (χ4v) is 6.46. The van der Waals surface area contributed by atoms with Gasteiger partial charge in [0, 0.05) is 29.7 Å².